The van der Waals surface area contributed by atoms with E-state index in [9.17, 15) is 4.79 Å². The third kappa shape index (κ3) is 3.42. The fourth-order valence-corrected chi connectivity index (χ4v) is 3.17. The molecule has 0 saturated carbocycles. The van der Waals surface area contributed by atoms with Crippen LogP contribution >= 0.6 is 11.3 Å². The van der Waals surface area contributed by atoms with Crippen molar-refractivity contribution in [2.75, 3.05) is 13.1 Å². The molecule has 2 unspecified atom stereocenters. The molecule has 2 rings (SSSR count). The normalized spacial score (nSPS) is 24.1. The lowest BCUT2D eigenvalue weighted by atomic mass is 9.91. The van der Waals surface area contributed by atoms with E-state index in [1.165, 1.54) is 0 Å². The summed E-state index contributed by atoms with van der Waals surface area (Å²) in [4.78, 5) is 18.5. The molecule has 104 valence electrons. The molecule has 1 aliphatic heterocycles. The number of thiazole rings is 1. The van der Waals surface area contributed by atoms with Gasteiger partial charge in [0.15, 0.2) is 0 Å². The minimum atomic E-state index is 0.0488. The van der Waals surface area contributed by atoms with Gasteiger partial charge in [0, 0.05) is 30.6 Å². The molecule has 0 bridgehead atoms. The molecule has 1 aromatic heterocycles. The van der Waals surface area contributed by atoms with Gasteiger partial charge < -0.3 is 10.6 Å². The highest BCUT2D eigenvalue weighted by molar-refractivity contribution is 7.09. The number of rotatable bonds is 3. The monoisotopic (exact) mass is 279 g/mol. The fraction of sp³-hybridized carbons (Fsp3) is 0.571. The lowest BCUT2D eigenvalue weighted by Gasteiger charge is -2.38. The number of carbonyl (C=O) groups excluding carboxylic acids is 1. The molecule has 0 radical (unpaired) electrons. The van der Waals surface area contributed by atoms with E-state index >= 15 is 0 Å². The quantitative estimate of drug-likeness (QED) is 0.862. The lowest BCUT2D eigenvalue weighted by Crippen LogP contribution is -2.50. The van der Waals surface area contributed by atoms with Crippen LogP contribution in [0.3, 0.4) is 0 Å². The van der Waals surface area contributed by atoms with Crippen LogP contribution in [0.2, 0.25) is 0 Å². The van der Waals surface area contributed by atoms with Crippen LogP contribution in [0.25, 0.3) is 6.08 Å². The van der Waals surface area contributed by atoms with Gasteiger partial charge in [-0.25, -0.2) is 4.98 Å². The minimum absolute atomic E-state index is 0.0488. The van der Waals surface area contributed by atoms with Gasteiger partial charge in [0.2, 0.25) is 5.91 Å². The number of hydrogen-bond donors (Lipinski definition) is 1. The fourth-order valence-electron chi connectivity index (χ4n) is 2.59. The van der Waals surface area contributed by atoms with E-state index in [1.54, 1.807) is 23.5 Å². The molecule has 1 aromatic rings. The zero-order valence-electron chi connectivity index (χ0n) is 11.5. The average Bonchev–Trinajstić information content (AvgIpc) is 2.81. The van der Waals surface area contributed by atoms with E-state index in [1.807, 2.05) is 17.2 Å². The zero-order valence-corrected chi connectivity index (χ0v) is 12.3. The number of nitrogens with two attached hydrogens (primary N) is 1. The van der Waals surface area contributed by atoms with E-state index in [2.05, 4.69) is 11.9 Å². The largest absolute Gasteiger partial charge is 0.335 e. The van der Waals surface area contributed by atoms with Gasteiger partial charge in [-0.2, -0.15) is 0 Å². The van der Waals surface area contributed by atoms with Gasteiger partial charge in [-0.3, -0.25) is 4.79 Å². The third-order valence-electron chi connectivity index (χ3n) is 3.67. The summed E-state index contributed by atoms with van der Waals surface area (Å²) >= 11 is 1.59. The SMILES string of the molecule is Cc1nc(/C=C/C(=O)N2CCCC(C)C2CN)cs1. The Hall–Kier alpha value is -1.20. The molecule has 2 atom stereocenters. The van der Waals surface area contributed by atoms with E-state index in [4.69, 9.17) is 5.73 Å². The number of nitrogens with zero attached hydrogens (tertiary/aromatic N) is 2. The van der Waals surface area contributed by atoms with Crippen LogP contribution in [0.5, 0.6) is 0 Å². The summed E-state index contributed by atoms with van der Waals surface area (Å²) < 4.78 is 0. The maximum atomic E-state index is 12.3. The molecule has 1 aliphatic rings. The van der Waals surface area contributed by atoms with Gasteiger partial charge in [-0.1, -0.05) is 6.92 Å². The number of aromatic nitrogens is 1. The topological polar surface area (TPSA) is 59.2 Å². The molecular formula is C14H21N3OS. The molecule has 1 fully saturated rings. The number of carbonyl (C=O) groups is 1. The number of aryl methyl sites for hydroxylation is 1. The Morgan fingerprint density at radius 2 is 2.47 bits per heavy atom. The van der Waals surface area contributed by atoms with Crippen molar-refractivity contribution >= 4 is 23.3 Å². The van der Waals surface area contributed by atoms with E-state index in [0.717, 1.165) is 30.1 Å². The van der Waals surface area contributed by atoms with Crippen molar-refractivity contribution in [3.05, 3.63) is 22.2 Å². The van der Waals surface area contributed by atoms with Crippen molar-refractivity contribution in [3.63, 3.8) is 0 Å². The smallest absolute Gasteiger partial charge is 0.246 e. The molecule has 2 heterocycles. The van der Waals surface area contributed by atoms with E-state index in [-0.39, 0.29) is 11.9 Å². The summed E-state index contributed by atoms with van der Waals surface area (Å²) in [5.41, 5.74) is 6.66. The van der Waals surface area contributed by atoms with Gasteiger partial charge in [0.1, 0.15) is 0 Å². The van der Waals surface area contributed by atoms with Crippen molar-refractivity contribution in [2.24, 2.45) is 11.7 Å². The molecule has 5 heteroatoms. The first-order valence-electron chi connectivity index (χ1n) is 6.72. The van der Waals surface area contributed by atoms with Crippen LogP contribution in [-0.4, -0.2) is 34.9 Å². The maximum absolute atomic E-state index is 12.3. The Morgan fingerprint density at radius 1 is 1.68 bits per heavy atom. The second-order valence-corrected chi connectivity index (χ2v) is 6.14. The number of hydrogen-bond acceptors (Lipinski definition) is 4. The van der Waals surface area contributed by atoms with Gasteiger partial charge in [0.05, 0.1) is 10.7 Å². The molecule has 0 spiro atoms. The lowest BCUT2D eigenvalue weighted by molar-refractivity contribution is -0.130. The summed E-state index contributed by atoms with van der Waals surface area (Å²) in [6, 6.07) is 0.170. The first kappa shape index (κ1) is 14.2. The van der Waals surface area contributed by atoms with Crippen molar-refractivity contribution in [3.8, 4) is 0 Å². The first-order chi connectivity index (χ1) is 9.11. The maximum Gasteiger partial charge on any atom is 0.246 e. The molecule has 4 nitrogen and oxygen atoms in total. The molecule has 1 saturated heterocycles. The molecular weight excluding hydrogens is 258 g/mol. The Labute approximate surface area is 118 Å². The highest BCUT2D eigenvalue weighted by atomic mass is 32.1. The van der Waals surface area contributed by atoms with Crippen LogP contribution in [0.15, 0.2) is 11.5 Å². The van der Waals surface area contributed by atoms with Crippen molar-refractivity contribution in [1.82, 2.24) is 9.88 Å². The van der Waals surface area contributed by atoms with Crippen LogP contribution in [-0.2, 0) is 4.79 Å². The summed E-state index contributed by atoms with van der Waals surface area (Å²) in [6.45, 7) is 5.48. The molecule has 0 aromatic carbocycles. The van der Waals surface area contributed by atoms with Gasteiger partial charge in [0.25, 0.3) is 0 Å². The van der Waals surface area contributed by atoms with Gasteiger partial charge >= 0.3 is 0 Å². The Bertz CT molecular complexity index is 469. The van der Waals surface area contributed by atoms with Crippen molar-refractivity contribution in [1.29, 1.82) is 0 Å². The number of amides is 1. The standard InChI is InChI=1S/C14H21N3OS/c1-10-4-3-7-17(13(10)8-15)14(18)6-5-12-9-19-11(2)16-12/h5-6,9-10,13H,3-4,7-8,15H2,1-2H3/b6-5+. The predicted molar refractivity (Wildman–Crippen MR) is 78.8 cm³/mol. The number of likely N-dealkylation sites (tertiary alicyclic amines) is 1. The van der Waals surface area contributed by atoms with E-state index < -0.39 is 0 Å². The van der Waals surface area contributed by atoms with Crippen molar-refractivity contribution in [2.45, 2.75) is 32.7 Å². The second-order valence-electron chi connectivity index (χ2n) is 5.08. The van der Waals surface area contributed by atoms with Gasteiger partial charge in [-0.15, -0.1) is 11.3 Å². The highest BCUT2D eigenvalue weighted by Gasteiger charge is 2.29. The third-order valence-corrected chi connectivity index (χ3v) is 4.47. The summed E-state index contributed by atoms with van der Waals surface area (Å²) in [7, 11) is 0. The first-order valence-corrected chi connectivity index (χ1v) is 7.60. The molecule has 0 aliphatic carbocycles. The Morgan fingerprint density at radius 3 is 3.11 bits per heavy atom. The highest BCUT2D eigenvalue weighted by Crippen LogP contribution is 2.23. The van der Waals surface area contributed by atoms with Crippen LogP contribution in [0.4, 0.5) is 0 Å². The number of piperidine rings is 1. The summed E-state index contributed by atoms with van der Waals surface area (Å²) in [6.07, 6.45) is 5.63. The van der Waals surface area contributed by atoms with Crippen LogP contribution < -0.4 is 5.73 Å². The van der Waals surface area contributed by atoms with Crippen LogP contribution in [0.1, 0.15) is 30.5 Å². The second kappa shape index (κ2) is 6.30. The Balaban J connectivity index is 2.04. The van der Waals surface area contributed by atoms with E-state index in [0.29, 0.717) is 12.5 Å². The Kier molecular flexibility index (Phi) is 4.71. The zero-order chi connectivity index (χ0) is 13.8. The summed E-state index contributed by atoms with van der Waals surface area (Å²) in [5, 5.41) is 2.97. The van der Waals surface area contributed by atoms with Crippen molar-refractivity contribution < 1.29 is 4.79 Å². The average molecular weight is 279 g/mol. The molecule has 1 amide bonds. The molecule has 19 heavy (non-hydrogen) atoms. The van der Waals surface area contributed by atoms with Gasteiger partial charge in [-0.05, 0) is 31.8 Å². The predicted octanol–water partition coefficient (Wildman–Crippen LogP) is 2.05. The molecule has 2 N–H and O–H groups in total. The minimum Gasteiger partial charge on any atom is -0.335 e. The summed E-state index contributed by atoms with van der Waals surface area (Å²) in [5.74, 6) is 0.533. The van der Waals surface area contributed by atoms with Crippen LogP contribution in [0, 0.1) is 12.8 Å².